The molecular weight excluding hydrogens is 550 g/mol. The van der Waals surface area contributed by atoms with E-state index in [4.69, 9.17) is 4.52 Å². The number of rotatable bonds is 8. The normalized spacial score (nSPS) is 16.3. The minimum Gasteiger partial charge on any atom is -0.360 e. The largest absolute Gasteiger partial charge is 0.360 e. The summed E-state index contributed by atoms with van der Waals surface area (Å²) in [5, 5.41) is 7.01. The number of nitrogens with zero attached hydrogens (tertiary/aromatic N) is 2. The van der Waals surface area contributed by atoms with Crippen molar-refractivity contribution in [2.75, 3.05) is 6.54 Å². The van der Waals surface area contributed by atoms with Crippen molar-refractivity contribution in [3.63, 3.8) is 0 Å². The first-order valence-electron chi connectivity index (χ1n) is 14.4. The summed E-state index contributed by atoms with van der Waals surface area (Å²) in [6.07, 6.45) is 1.18. The van der Waals surface area contributed by atoms with Gasteiger partial charge in [0.1, 0.15) is 17.7 Å². The summed E-state index contributed by atoms with van der Waals surface area (Å²) in [5.41, 5.74) is 0.523. The predicted octanol–water partition coefficient (Wildman–Crippen LogP) is 7.66. The molecule has 3 aromatic rings. The number of hydrogen-bond acceptors (Lipinski definition) is 4. The molecule has 42 heavy (non-hydrogen) atoms. The van der Waals surface area contributed by atoms with Crippen molar-refractivity contribution in [3.05, 3.63) is 76.7 Å². The van der Waals surface area contributed by atoms with Crippen LogP contribution in [0.15, 0.2) is 40.9 Å². The van der Waals surface area contributed by atoms with Crippen molar-refractivity contribution < 1.29 is 31.7 Å². The first-order valence-corrected chi connectivity index (χ1v) is 14.4. The second kappa shape index (κ2) is 14.0. The summed E-state index contributed by atoms with van der Waals surface area (Å²) in [4.78, 5) is 28.5. The molecule has 0 spiro atoms. The maximum absolute atomic E-state index is 14.2. The minimum atomic E-state index is -1.49. The maximum atomic E-state index is 14.2. The average Bonchev–Trinajstić information content (AvgIpc) is 3.64. The van der Waals surface area contributed by atoms with E-state index >= 15 is 0 Å². The van der Waals surface area contributed by atoms with Gasteiger partial charge in [0.05, 0.1) is 17.3 Å². The van der Waals surface area contributed by atoms with Crippen molar-refractivity contribution >= 4 is 11.8 Å². The maximum Gasteiger partial charge on any atom is 0.243 e. The zero-order valence-electron chi connectivity index (χ0n) is 25.1. The van der Waals surface area contributed by atoms with E-state index in [9.17, 15) is 27.2 Å². The zero-order valence-corrected chi connectivity index (χ0v) is 25.1. The van der Waals surface area contributed by atoms with Gasteiger partial charge in [0, 0.05) is 18.7 Å². The second-order valence-electron chi connectivity index (χ2n) is 10.9. The molecule has 0 aliphatic carbocycles. The van der Waals surface area contributed by atoms with Crippen LogP contribution in [0.25, 0.3) is 11.1 Å². The Labute approximate surface area is 244 Å². The van der Waals surface area contributed by atoms with E-state index in [-0.39, 0.29) is 35.3 Å². The number of likely N-dealkylation sites (tertiary alicyclic amines) is 1. The van der Waals surface area contributed by atoms with Crippen molar-refractivity contribution in [1.29, 1.82) is 0 Å². The van der Waals surface area contributed by atoms with E-state index in [0.29, 0.717) is 30.7 Å². The molecule has 1 aliphatic rings. The standard InChI is InChI=1S/C30H33F4N3O3.C2H6/c1-15(2)22-14-24(40-36-22)25(16(3)4)30(39)37-12-6-7-23(37)29(38)35-17(5)18-8-10-19(11-9-18)26-27(33)20(31)13-21(32)28(26)34;1-2/h8-11,13-17,23,25H,6-7,12H2,1-5H3,(H,35,38);1-2H3. The summed E-state index contributed by atoms with van der Waals surface area (Å²) >= 11 is 0. The average molecular weight is 590 g/mol. The lowest BCUT2D eigenvalue weighted by Crippen LogP contribution is -2.48. The van der Waals surface area contributed by atoms with Crippen LogP contribution < -0.4 is 5.32 Å². The molecular formula is C32H39F4N3O3. The highest BCUT2D eigenvalue weighted by Gasteiger charge is 2.40. The lowest BCUT2D eigenvalue weighted by atomic mass is 9.90. The van der Waals surface area contributed by atoms with E-state index in [1.807, 2.05) is 41.5 Å². The van der Waals surface area contributed by atoms with Gasteiger partial charge in [-0.1, -0.05) is 71.0 Å². The quantitative estimate of drug-likeness (QED) is 0.216. The van der Waals surface area contributed by atoms with Gasteiger partial charge in [0.2, 0.25) is 11.8 Å². The molecule has 0 radical (unpaired) electrons. The Morgan fingerprint density at radius 1 is 0.952 bits per heavy atom. The molecule has 2 aromatic carbocycles. The number of halogens is 4. The Bertz CT molecular complexity index is 1360. The van der Waals surface area contributed by atoms with Crippen molar-refractivity contribution in [2.24, 2.45) is 5.92 Å². The highest BCUT2D eigenvalue weighted by molar-refractivity contribution is 5.91. The summed E-state index contributed by atoms with van der Waals surface area (Å²) in [6, 6.07) is 6.49. The van der Waals surface area contributed by atoms with Crippen LogP contribution in [0.2, 0.25) is 0 Å². The monoisotopic (exact) mass is 589 g/mol. The van der Waals surface area contributed by atoms with Crippen LogP contribution in [-0.2, 0) is 9.59 Å². The number of carbonyl (C=O) groups is 2. The Morgan fingerprint density at radius 2 is 1.55 bits per heavy atom. The Kier molecular flexibility index (Phi) is 10.9. The van der Waals surface area contributed by atoms with E-state index < -0.39 is 46.8 Å². The topological polar surface area (TPSA) is 75.4 Å². The summed E-state index contributed by atoms with van der Waals surface area (Å²) in [7, 11) is 0. The van der Waals surface area contributed by atoms with Crippen molar-refractivity contribution in [2.45, 2.75) is 85.2 Å². The molecule has 3 unspecified atom stereocenters. The third-order valence-corrected chi connectivity index (χ3v) is 7.39. The molecule has 1 N–H and O–H groups in total. The van der Waals surface area contributed by atoms with Gasteiger partial charge in [-0.3, -0.25) is 9.59 Å². The third kappa shape index (κ3) is 6.85. The Hall–Kier alpha value is -3.69. The van der Waals surface area contributed by atoms with E-state index in [0.717, 1.165) is 5.69 Å². The first kappa shape index (κ1) is 32.8. The second-order valence-corrected chi connectivity index (χ2v) is 10.9. The highest BCUT2D eigenvalue weighted by Crippen LogP contribution is 2.33. The van der Waals surface area contributed by atoms with Crippen LogP contribution in [0.3, 0.4) is 0 Å². The fourth-order valence-electron chi connectivity index (χ4n) is 5.10. The molecule has 228 valence electrons. The molecule has 4 rings (SSSR count). The molecule has 10 heteroatoms. The molecule has 2 amide bonds. The van der Waals surface area contributed by atoms with Crippen LogP contribution in [0.1, 0.15) is 96.2 Å². The zero-order chi connectivity index (χ0) is 31.3. The highest BCUT2D eigenvalue weighted by atomic mass is 19.2. The molecule has 1 fully saturated rings. The lowest BCUT2D eigenvalue weighted by molar-refractivity contribution is -0.141. The first-order chi connectivity index (χ1) is 19.9. The van der Waals surface area contributed by atoms with Gasteiger partial charge < -0.3 is 14.7 Å². The van der Waals surface area contributed by atoms with E-state index in [2.05, 4.69) is 10.5 Å². The summed E-state index contributed by atoms with van der Waals surface area (Å²) in [5.74, 6) is -6.49. The van der Waals surface area contributed by atoms with Gasteiger partial charge in [-0.05, 0) is 42.7 Å². The fraction of sp³-hybridized carbons (Fsp3) is 0.469. The molecule has 2 heterocycles. The fourth-order valence-corrected chi connectivity index (χ4v) is 5.10. The predicted molar refractivity (Wildman–Crippen MR) is 153 cm³/mol. The molecule has 0 saturated carbocycles. The smallest absolute Gasteiger partial charge is 0.243 e. The lowest BCUT2D eigenvalue weighted by Gasteiger charge is -2.29. The van der Waals surface area contributed by atoms with Crippen LogP contribution in [0, 0.1) is 29.2 Å². The SMILES string of the molecule is CC.CC(C)c1cc(C(C(=O)N2CCCC2C(=O)NC(C)c2ccc(-c3c(F)c(F)cc(F)c3F)cc2)C(C)C)on1. The van der Waals surface area contributed by atoms with Crippen molar-refractivity contribution in [1.82, 2.24) is 15.4 Å². The van der Waals surface area contributed by atoms with Gasteiger partial charge in [-0.25, -0.2) is 17.6 Å². The molecule has 6 nitrogen and oxygen atoms in total. The molecule has 0 bridgehead atoms. The number of amides is 2. The van der Waals surface area contributed by atoms with Crippen LogP contribution in [-0.4, -0.2) is 34.5 Å². The van der Waals surface area contributed by atoms with Crippen LogP contribution >= 0.6 is 0 Å². The van der Waals surface area contributed by atoms with Gasteiger partial charge >= 0.3 is 0 Å². The van der Waals surface area contributed by atoms with Gasteiger partial charge in [0.25, 0.3) is 0 Å². The summed E-state index contributed by atoms with van der Waals surface area (Å²) in [6.45, 7) is 14.0. The van der Waals surface area contributed by atoms with Crippen LogP contribution in [0.4, 0.5) is 17.6 Å². The Balaban J connectivity index is 0.00000237. The minimum absolute atomic E-state index is 0.0454. The van der Waals surface area contributed by atoms with Crippen LogP contribution in [0.5, 0.6) is 0 Å². The number of nitrogens with one attached hydrogen (secondary N) is 1. The van der Waals surface area contributed by atoms with Gasteiger partial charge in [0.15, 0.2) is 23.3 Å². The van der Waals surface area contributed by atoms with Crippen molar-refractivity contribution in [3.8, 4) is 11.1 Å². The molecule has 3 atom stereocenters. The van der Waals surface area contributed by atoms with E-state index in [1.54, 1.807) is 17.9 Å². The molecule has 1 aliphatic heterocycles. The Morgan fingerprint density at radius 3 is 2.07 bits per heavy atom. The van der Waals surface area contributed by atoms with E-state index in [1.165, 1.54) is 24.3 Å². The number of aromatic nitrogens is 1. The number of benzene rings is 2. The molecule has 1 saturated heterocycles. The van der Waals surface area contributed by atoms with Gasteiger partial charge in [-0.15, -0.1) is 0 Å². The van der Waals surface area contributed by atoms with Gasteiger partial charge in [-0.2, -0.15) is 0 Å². The third-order valence-electron chi connectivity index (χ3n) is 7.39. The summed E-state index contributed by atoms with van der Waals surface area (Å²) < 4.78 is 61.2. The molecule has 1 aromatic heterocycles. The number of carbonyl (C=O) groups excluding carboxylic acids is 2. The number of hydrogen-bond donors (Lipinski definition) is 1.